The summed E-state index contributed by atoms with van der Waals surface area (Å²) in [6.07, 6.45) is -3.86. The van der Waals surface area contributed by atoms with E-state index in [-0.39, 0.29) is 24.2 Å². The first kappa shape index (κ1) is 20.1. The van der Waals surface area contributed by atoms with E-state index in [1.807, 2.05) is 0 Å². The van der Waals surface area contributed by atoms with Crippen molar-refractivity contribution in [3.63, 3.8) is 0 Å². The molecule has 1 N–H and O–H groups in total. The number of para-hydroxylation sites is 1. The number of halogens is 4. The predicted molar refractivity (Wildman–Crippen MR) is 87.0 cm³/mol. The van der Waals surface area contributed by atoms with Gasteiger partial charge in [0.15, 0.2) is 0 Å². The molecule has 0 saturated carbocycles. The molecule has 1 heterocycles. The highest BCUT2D eigenvalue weighted by Gasteiger charge is 2.34. The van der Waals surface area contributed by atoms with Crippen molar-refractivity contribution in [2.24, 2.45) is 5.92 Å². The Bertz CT molecular complexity index is 477. The molecule has 0 amide bonds. The van der Waals surface area contributed by atoms with Crippen LogP contribution in [-0.2, 0) is 0 Å². The molecule has 0 unspecified atom stereocenters. The first-order chi connectivity index (χ1) is 10.4. The van der Waals surface area contributed by atoms with Gasteiger partial charge in [0.2, 0.25) is 0 Å². The van der Waals surface area contributed by atoms with Crippen LogP contribution in [0.15, 0.2) is 24.3 Å². The van der Waals surface area contributed by atoms with Crippen molar-refractivity contribution in [1.82, 2.24) is 10.2 Å². The van der Waals surface area contributed by atoms with Crippen molar-refractivity contribution in [2.75, 3.05) is 26.2 Å². The Hall–Kier alpha value is -0.980. The Morgan fingerprint density at radius 2 is 1.78 bits per heavy atom. The molecule has 3 nitrogen and oxygen atoms in total. The lowest BCUT2D eigenvalue weighted by molar-refractivity contribution is -0.275. The van der Waals surface area contributed by atoms with Gasteiger partial charge >= 0.3 is 6.36 Å². The summed E-state index contributed by atoms with van der Waals surface area (Å²) in [7, 11) is 0. The maximum Gasteiger partial charge on any atom is 0.573 e. The summed E-state index contributed by atoms with van der Waals surface area (Å²) in [4.78, 5) is 2.25. The van der Waals surface area contributed by atoms with Crippen LogP contribution in [0.5, 0.6) is 5.75 Å². The quantitative estimate of drug-likeness (QED) is 0.867. The van der Waals surface area contributed by atoms with Crippen LogP contribution in [0, 0.1) is 5.92 Å². The van der Waals surface area contributed by atoms with Crippen LogP contribution in [0.2, 0.25) is 0 Å². The summed E-state index contributed by atoms with van der Waals surface area (Å²) in [6, 6.07) is 6.44. The van der Waals surface area contributed by atoms with Gasteiger partial charge in [-0.25, -0.2) is 0 Å². The average Bonchev–Trinajstić information content (AvgIpc) is 2.45. The molecule has 132 valence electrons. The third kappa shape index (κ3) is 6.20. The van der Waals surface area contributed by atoms with Crippen LogP contribution in [0.3, 0.4) is 0 Å². The third-order valence-electron chi connectivity index (χ3n) is 3.79. The molecule has 1 saturated heterocycles. The zero-order valence-corrected chi connectivity index (χ0v) is 14.2. The fourth-order valence-corrected chi connectivity index (χ4v) is 2.89. The van der Waals surface area contributed by atoms with Crippen molar-refractivity contribution >= 4 is 12.4 Å². The maximum absolute atomic E-state index is 12.6. The van der Waals surface area contributed by atoms with E-state index in [0.29, 0.717) is 11.5 Å². The van der Waals surface area contributed by atoms with E-state index in [0.717, 1.165) is 32.6 Å². The molecule has 0 bridgehead atoms. The number of hydrogen-bond donors (Lipinski definition) is 1. The van der Waals surface area contributed by atoms with Crippen molar-refractivity contribution in [2.45, 2.75) is 32.7 Å². The minimum Gasteiger partial charge on any atom is -0.405 e. The minimum absolute atomic E-state index is 0. The SMILES string of the molecule is CC(C)C[C@@H](c1ccccc1OC(F)(F)F)N1CCNCC1.Cl. The number of ether oxygens (including phenoxy) is 1. The molecule has 1 aromatic carbocycles. The largest absolute Gasteiger partial charge is 0.573 e. The smallest absolute Gasteiger partial charge is 0.405 e. The van der Waals surface area contributed by atoms with Crippen molar-refractivity contribution in [3.8, 4) is 5.75 Å². The van der Waals surface area contributed by atoms with Gasteiger partial charge in [0.1, 0.15) is 5.75 Å². The highest BCUT2D eigenvalue weighted by molar-refractivity contribution is 5.85. The zero-order valence-electron chi connectivity index (χ0n) is 13.4. The van der Waals surface area contributed by atoms with E-state index in [2.05, 4.69) is 28.8 Å². The van der Waals surface area contributed by atoms with E-state index in [1.54, 1.807) is 18.2 Å². The lowest BCUT2D eigenvalue weighted by Gasteiger charge is -2.36. The Kier molecular flexibility index (Phi) is 7.64. The number of alkyl halides is 3. The van der Waals surface area contributed by atoms with Gasteiger partial charge in [0.05, 0.1) is 0 Å². The molecule has 23 heavy (non-hydrogen) atoms. The van der Waals surface area contributed by atoms with Gasteiger partial charge in [-0.15, -0.1) is 25.6 Å². The fraction of sp³-hybridized carbons (Fsp3) is 0.625. The maximum atomic E-state index is 12.6. The molecule has 0 aromatic heterocycles. The second-order valence-corrected chi connectivity index (χ2v) is 6.02. The van der Waals surface area contributed by atoms with E-state index in [9.17, 15) is 13.2 Å². The monoisotopic (exact) mass is 352 g/mol. The lowest BCUT2D eigenvalue weighted by Crippen LogP contribution is -2.45. The Morgan fingerprint density at radius 3 is 2.35 bits per heavy atom. The fourth-order valence-electron chi connectivity index (χ4n) is 2.89. The number of hydrogen-bond acceptors (Lipinski definition) is 3. The van der Waals surface area contributed by atoms with Gasteiger partial charge in [0.25, 0.3) is 0 Å². The van der Waals surface area contributed by atoms with Gasteiger partial charge in [-0.1, -0.05) is 32.0 Å². The number of piperazine rings is 1. The number of nitrogens with zero attached hydrogens (tertiary/aromatic N) is 1. The van der Waals surface area contributed by atoms with Crippen molar-refractivity contribution in [1.29, 1.82) is 0 Å². The van der Waals surface area contributed by atoms with Gasteiger partial charge < -0.3 is 10.1 Å². The molecule has 0 aliphatic carbocycles. The van der Waals surface area contributed by atoms with Crippen LogP contribution in [0.4, 0.5) is 13.2 Å². The number of nitrogens with one attached hydrogen (secondary N) is 1. The van der Waals surface area contributed by atoms with E-state index < -0.39 is 6.36 Å². The summed E-state index contributed by atoms with van der Waals surface area (Å²) in [5.41, 5.74) is 0.621. The van der Waals surface area contributed by atoms with E-state index >= 15 is 0 Å². The van der Waals surface area contributed by atoms with Crippen LogP contribution in [0.25, 0.3) is 0 Å². The normalized spacial score (nSPS) is 17.7. The first-order valence-electron chi connectivity index (χ1n) is 7.66. The van der Waals surface area contributed by atoms with Crippen LogP contribution in [0.1, 0.15) is 31.9 Å². The van der Waals surface area contributed by atoms with E-state index in [1.165, 1.54) is 6.07 Å². The van der Waals surface area contributed by atoms with E-state index in [4.69, 9.17) is 0 Å². The van der Waals surface area contributed by atoms with Crippen LogP contribution in [-0.4, -0.2) is 37.4 Å². The summed E-state index contributed by atoms with van der Waals surface area (Å²) in [5, 5.41) is 3.27. The molecule has 0 radical (unpaired) electrons. The second kappa shape index (κ2) is 8.76. The number of benzene rings is 1. The highest BCUT2D eigenvalue weighted by Crippen LogP contribution is 2.36. The first-order valence-corrected chi connectivity index (χ1v) is 7.66. The zero-order chi connectivity index (χ0) is 16.2. The lowest BCUT2D eigenvalue weighted by atomic mass is 9.94. The Balaban J connectivity index is 0.00000264. The summed E-state index contributed by atoms with van der Waals surface area (Å²) >= 11 is 0. The Labute approximate surface area is 141 Å². The van der Waals surface area contributed by atoms with Gasteiger partial charge in [-0.3, -0.25) is 4.90 Å². The Morgan fingerprint density at radius 1 is 1.17 bits per heavy atom. The minimum atomic E-state index is -4.66. The van der Waals surface area contributed by atoms with Gasteiger partial charge in [-0.2, -0.15) is 0 Å². The molecular weight excluding hydrogens is 329 g/mol. The van der Waals surface area contributed by atoms with Crippen molar-refractivity contribution < 1.29 is 17.9 Å². The summed E-state index contributed by atoms with van der Waals surface area (Å²) in [5.74, 6) is 0.304. The van der Waals surface area contributed by atoms with Gasteiger partial charge in [0, 0.05) is 37.8 Å². The third-order valence-corrected chi connectivity index (χ3v) is 3.79. The molecule has 1 atom stereocenters. The molecule has 1 fully saturated rings. The molecule has 1 aliphatic heterocycles. The topological polar surface area (TPSA) is 24.5 Å². The van der Waals surface area contributed by atoms with Crippen molar-refractivity contribution in [3.05, 3.63) is 29.8 Å². The predicted octanol–water partition coefficient (Wildman–Crippen LogP) is 4.00. The summed E-state index contributed by atoms with van der Waals surface area (Å²) in [6.45, 7) is 7.55. The molecule has 7 heteroatoms. The molecule has 1 aliphatic rings. The standard InChI is InChI=1S/C16H23F3N2O.ClH/c1-12(2)11-14(21-9-7-20-8-10-21)13-5-3-4-6-15(13)22-16(17,18)19;/h3-6,12,14,20H,7-11H2,1-2H3;1H/t14-;/m0./s1. The molecule has 2 rings (SSSR count). The average molecular weight is 353 g/mol. The van der Waals surface area contributed by atoms with Crippen LogP contribution >= 0.6 is 12.4 Å². The summed E-state index contributed by atoms with van der Waals surface area (Å²) < 4.78 is 42.2. The number of rotatable bonds is 5. The molecular formula is C16H24ClF3N2O. The second-order valence-electron chi connectivity index (χ2n) is 6.02. The van der Waals surface area contributed by atoms with Crippen LogP contribution < -0.4 is 10.1 Å². The van der Waals surface area contributed by atoms with Gasteiger partial charge in [-0.05, 0) is 18.4 Å². The molecule has 0 spiro atoms. The highest BCUT2D eigenvalue weighted by atomic mass is 35.5. The molecule has 1 aromatic rings.